The number of aromatic amines is 1. The fourth-order valence-electron chi connectivity index (χ4n) is 1.91. The minimum Gasteiger partial charge on any atom is -0.297 e. The molecule has 0 aliphatic carbocycles. The Labute approximate surface area is 112 Å². The molecule has 0 radical (unpaired) electrons. The van der Waals surface area contributed by atoms with Gasteiger partial charge in [0.2, 0.25) is 0 Å². The van der Waals surface area contributed by atoms with Crippen molar-refractivity contribution in [2.45, 2.75) is 53.0 Å². The Morgan fingerprint density at radius 1 is 1.33 bits per heavy atom. The van der Waals surface area contributed by atoms with Crippen LogP contribution in [-0.2, 0) is 13.0 Å². The molecular weight excluding hydrogens is 252 g/mol. The van der Waals surface area contributed by atoms with E-state index in [0.717, 1.165) is 19.3 Å². The molecule has 0 aliphatic heterocycles. The van der Waals surface area contributed by atoms with E-state index in [0.29, 0.717) is 24.4 Å². The summed E-state index contributed by atoms with van der Waals surface area (Å²) in [5.74, 6) is 0.571. The van der Waals surface area contributed by atoms with Crippen LogP contribution in [0, 0.1) is 5.92 Å². The molecule has 1 heterocycles. The highest BCUT2D eigenvalue weighted by Crippen LogP contribution is 2.09. The minimum absolute atomic E-state index is 0.187. The maximum absolute atomic E-state index is 12.1. The van der Waals surface area contributed by atoms with Crippen LogP contribution >= 0.6 is 11.6 Å². The number of halogens is 1. The first kappa shape index (κ1) is 15.0. The quantitative estimate of drug-likeness (QED) is 0.809. The number of hydrogen-bond donors (Lipinski definition) is 1. The third kappa shape index (κ3) is 3.73. The SMILES string of the molecule is CCCc1c(Cl)[nH]c(=O)n(CCCC(C)C)c1=O. The van der Waals surface area contributed by atoms with Crippen molar-refractivity contribution in [3.05, 3.63) is 31.6 Å². The molecule has 4 nitrogen and oxygen atoms in total. The Bertz CT molecular complexity index is 503. The molecule has 0 amide bonds. The molecule has 0 aromatic carbocycles. The average molecular weight is 273 g/mol. The smallest absolute Gasteiger partial charge is 0.297 e. The van der Waals surface area contributed by atoms with Crippen molar-refractivity contribution in [1.82, 2.24) is 9.55 Å². The Morgan fingerprint density at radius 3 is 2.56 bits per heavy atom. The van der Waals surface area contributed by atoms with Crippen molar-refractivity contribution in [3.8, 4) is 0 Å². The molecule has 1 N–H and O–H groups in total. The van der Waals surface area contributed by atoms with Gasteiger partial charge in [-0.1, -0.05) is 38.8 Å². The van der Waals surface area contributed by atoms with Gasteiger partial charge in [0.1, 0.15) is 5.15 Å². The summed E-state index contributed by atoms with van der Waals surface area (Å²) in [6, 6.07) is 0. The fourth-order valence-corrected chi connectivity index (χ4v) is 2.17. The lowest BCUT2D eigenvalue weighted by atomic mass is 10.1. The first-order valence-electron chi connectivity index (χ1n) is 6.48. The Hall–Kier alpha value is -1.03. The van der Waals surface area contributed by atoms with Gasteiger partial charge in [0, 0.05) is 6.54 Å². The largest absolute Gasteiger partial charge is 0.329 e. The van der Waals surface area contributed by atoms with E-state index in [1.54, 1.807) is 0 Å². The van der Waals surface area contributed by atoms with Crippen LogP contribution in [-0.4, -0.2) is 9.55 Å². The first-order chi connectivity index (χ1) is 8.47. The number of H-pyrrole nitrogens is 1. The summed E-state index contributed by atoms with van der Waals surface area (Å²) in [6.07, 6.45) is 3.25. The molecular formula is C13H21ClN2O2. The van der Waals surface area contributed by atoms with Crippen molar-refractivity contribution in [3.63, 3.8) is 0 Å². The second-order valence-corrected chi connectivity index (χ2v) is 5.34. The number of nitrogens with zero attached hydrogens (tertiary/aromatic N) is 1. The molecule has 0 saturated heterocycles. The van der Waals surface area contributed by atoms with E-state index >= 15 is 0 Å². The van der Waals surface area contributed by atoms with E-state index in [1.165, 1.54) is 4.57 Å². The summed E-state index contributed by atoms with van der Waals surface area (Å²) >= 11 is 5.90. The van der Waals surface area contributed by atoms with Gasteiger partial charge in [-0.25, -0.2) is 4.79 Å². The second kappa shape index (κ2) is 6.78. The number of nitrogens with one attached hydrogen (secondary N) is 1. The summed E-state index contributed by atoms with van der Waals surface area (Å²) in [7, 11) is 0. The third-order valence-electron chi connectivity index (χ3n) is 2.89. The molecule has 102 valence electrons. The van der Waals surface area contributed by atoms with Crippen molar-refractivity contribution in [2.75, 3.05) is 0 Å². The van der Waals surface area contributed by atoms with E-state index in [4.69, 9.17) is 11.6 Å². The Kier molecular flexibility index (Phi) is 5.66. The van der Waals surface area contributed by atoms with Gasteiger partial charge in [-0.3, -0.25) is 14.3 Å². The van der Waals surface area contributed by atoms with E-state index in [2.05, 4.69) is 18.8 Å². The maximum atomic E-state index is 12.1. The van der Waals surface area contributed by atoms with Crippen molar-refractivity contribution in [2.24, 2.45) is 5.92 Å². The van der Waals surface area contributed by atoms with Crippen LogP contribution < -0.4 is 11.2 Å². The molecule has 0 spiro atoms. The Balaban J connectivity index is 3.00. The van der Waals surface area contributed by atoms with Gasteiger partial charge in [-0.15, -0.1) is 0 Å². The highest BCUT2D eigenvalue weighted by Gasteiger charge is 2.11. The predicted molar refractivity (Wildman–Crippen MR) is 74.4 cm³/mol. The molecule has 0 atom stereocenters. The van der Waals surface area contributed by atoms with Crippen LogP contribution in [0.1, 0.15) is 45.6 Å². The molecule has 0 aliphatic rings. The topological polar surface area (TPSA) is 54.9 Å². The summed E-state index contributed by atoms with van der Waals surface area (Å²) < 4.78 is 1.26. The van der Waals surface area contributed by atoms with Crippen molar-refractivity contribution in [1.29, 1.82) is 0 Å². The molecule has 1 rings (SSSR count). The fraction of sp³-hybridized carbons (Fsp3) is 0.692. The highest BCUT2D eigenvalue weighted by atomic mass is 35.5. The van der Waals surface area contributed by atoms with Gasteiger partial charge in [-0.05, 0) is 25.2 Å². The van der Waals surface area contributed by atoms with Gasteiger partial charge >= 0.3 is 5.69 Å². The minimum atomic E-state index is -0.409. The molecule has 0 unspecified atom stereocenters. The third-order valence-corrected chi connectivity index (χ3v) is 3.22. The highest BCUT2D eigenvalue weighted by molar-refractivity contribution is 6.30. The molecule has 0 saturated carbocycles. The van der Waals surface area contributed by atoms with Gasteiger partial charge in [0.15, 0.2) is 0 Å². The molecule has 1 aromatic heterocycles. The van der Waals surface area contributed by atoms with E-state index < -0.39 is 5.69 Å². The van der Waals surface area contributed by atoms with Gasteiger partial charge in [-0.2, -0.15) is 0 Å². The van der Waals surface area contributed by atoms with Crippen molar-refractivity contribution < 1.29 is 0 Å². The van der Waals surface area contributed by atoms with Crippen molar-refractivity contribution >= 4 is 11.6 Å². The number of hydrogen-bond acceptors (Lipinski definition) is 2. The normalized spacial score (nSPS) is 11.2. The van der Waals surface area contributed by atoms with Gasteiger partial charge < -0.3 is 0 Å². The lowest BCUT2D eigenvalue weighted by molar-refractivity contribution is 0.493. The molecule has 1 aromatic rings. The first-order valence-corrected chi connectivity index (χ1v) is 6.86. The van der Waals surface area contributed by atoms with Crippen LogP contribution in [0.3, 0.4) is 0 Å². The second-order valence-electron chi connectivity index (χ2n) is 4.97. The summed E-state index contributed by atoms with van der Waals surface area (Å²) in [6.45, 7) is 6.68. The maximum Gasteiger partial charge on any atom is 0.329 e. The van der Waals surface area contributed by atoms with Crippen LogP contribution in [0.4, 0.5) is 0 Å². The average Bonchev–Trinajstić information content (AvgIpc) is 2.28. The molecule has 18 heavy (non-hydrogen) atoms. The molecule has 0 fully saturated rings. The lowest BCUT2D eigenvalue weighted by Crippen LogP contribution is -2.37. The summed E-state index contributed by atoms with van der Waals surface area (Å²) in [5, 5.41) is 0.187. The Morgan fingerprint density at radius 2 is 2.00 bits per heavy atom. The zero-order valence-corrected chi connectivity index (χ0v) is 12.0. The summed E-state index contributed by atoms with van der Waals surface area (Å²) in [4.78, 5) is 26.4. The summed E-state index contributed by atoms with van der Waals surface area (Å²) in [5.41, 5.74) is -0.133. The zero-order chi connectivity index (χ0) is 13.7. The number of aromatic nitrogens is 2. The van der Waals surface area contributed by atoms with Crippen LogP contribution in [0.2, 0.25) is 5.15 Å². The standard InChI is InChI=1S/C13H21ClN2O2/c1-4-6-10-11(14)15-13(18)16(12(10)17)8-5-7-9(2)3/h9H,4-8H2,1-3H3,(H,15,18). The molecule has 5 heteroatoms. The van der Waals surface area contributed by atoms with E-state index in [1.807, 2.05) is 6.92 Å². The zero-order valence-electron chi connectivity index (χ0n) is 11.3. The number of rotatable bonds is 6. The predicted octanol–water partition coefficient (Wildman–Crippen LogP) is 2.58. The van der Waals surface area contributed by atoms with E-state index in [9.17, 15) is 9.59 Å². The van der Waals surface area contributed by atoms with E-state index in [-0.39, 0.29) is 10.7 Å². The van der Waals surface area contributed by atoms with Crippen LogP contribution in [0.5, 0.6) is 0 Å². The lowest BCUT2D eigenvalue weighted by Gasteiger charge is -2.09. The van der Waals surface area contributed by atoms with Crippen LogP contribution in [0.25, 0.3) is 0 Å². The van der Waals surface area contributed by atoms with Crippen LogP contribution in [0.15, 0.2) is 9.59 Å². The molecule has 0 bridgehead atoms. The van der Waals surface area contributed by atoms with Gasteiger partial charge in [0.05, 0.1) is 5.56 Å². The van der Waals surface area contributed by atoms with Gasteiger partial charge in [0.25, 0.3) is 5.56 Å². The monoisotopic (exact) mass is 272 g/mol.